The first-order chi connectivity index (χ1) is 10.7. The first-order valence-electron chi connectivity index (χ1n) is 7.38. The van der Waals surface area contributed by atoms with Crippen LogP contribution >= 0.6 is 0 Å². The van der Waals surface area contributed by atoms with Gasteiger partial charge in [-0.1, -0.05) is 0 Å². The lowest BCUT2D eigenvalue weighted by Gasteiger charge is -2.23. The molecule has 3 rings (SSSR count). The predicted molar refractivity (Wildman–Crippen MR) is 80.7 cm³/mol. The van der Waals surface area contributed by atoms with Gasteiger partial charge in [0.05, 0.1) is 27.9 Å². The summed E-state index contributed by atoms with van der Waals surface area (Å²) in [6.45, 7) is 0.619. The molecule has 5 heteroatoms. The topological polar surface area (TPSA) is 54.0 Å². The average Bonchev–Trinajstić information content (AvgIpc) is 2.90. The van der Waals surface area contributed by atoms with Crippen LogP contribution in [0.25, 0.3) is 0 Å². The molecule has 1 heterocycles. The Morgan fingerprint density at radius 2 is 1.77 bits per heavy atom. The average molecular weight is 304 g/mol. The molecule has 0 N–H and O–H groups in total. The second-order valence-corrected chi connectivity index (χ2v) is 5.43. The van der Waals surface area contributed by atoms with E-state index >= 15 is 0 Å². The van der Waals surface area contributed by atoms with Gasteiger partial charge >= 0.3 is 0 Å². The van der Waals surface area contributed by atoms with Crippen LogP contribution in [0.1, 0.15) is 30.7 Å². The molecule has 0 fully saturated rings. The van der Waals surface area contributed by atoms with Gasteiger partial charge in [-0.15, -0.1) is 0 Å². The molecule has 118 valence electrons. The van der Waals surface area contributed by atoms with Crippen molar-refractivity contribution in [3.05, 3.63) is 29.0 Å². The molecule has 0 saturated heterocycles. The molecular weight excluding hydrogens is 284 g/mol. The standard InChI is InChI=1S/C17H20O5/c1-19-10-7-14(20-2)16(15(8-10)21-3)12-9-13(18)17-11(12)5-4-6-22-17/h7-8,12H,4-6,9H2,1-3H3. The SMILES string of the molecule is COc1cc(OC)c(C2CC(=O)C3=C2CCCO3)c(OC)c1. The van der Waals surface area contributed by atoms with Gasteiger partial charge < -0.3 is 18.9 Å². The summed E-state index contributed by atoms with van der Waals surface area (Å²) in [5, 5.41) is 0. The second-order valence-electron chi connectivity index (χ2n) is 5.43. The molecule has 1 aliphatic carbocycles. The lowest BCUT2D eigenvalue weighted by Crippen LogP contribution is -2.09. The molecule has 0 bridgehead atoms. The van der Waals surface area contributed by atoms with Gasteiger partial charge in [0.1, 0.15) is 17.2 Å². The Bertz CT molecular complexity index is 607. The van der Waals surface area contributed by atoms with Crippen LogP contribution in [-0.4, -0.2) is 33.7 Å². The summed E-state index contributed by atoms with van der Waals surface area (Å²) in [6, 6.07) is 3.65. The number of allylic oxidation sites excluding steroid dienone is 2. The third kappa shape index (κ3) is 2.30. The Morgan fingerprint density at radius 1 is 1.09 bits per heavy atom. The van der Waals surface area contributed by atoms with Crippen LogP contribution < -0.4 is 14.2 Å². The summed E-state index contributed by atoms with van der Waals surface area (Å²) in [6.07, 6.45) is 2.22. The molecular formula is C17H20O5. The Hall–Kier alpha value is -2.17. The number of hydrogen-bond donors (Lipinski definition) is 0. The van der Waals surface area contributed by atoms with Crippen LogP contribution in [0.4, 0.5) is 0 Å². The monoisotopic (exact) mass is 304 g/mol. The number of rotatable bonds is 4. The quantitative estimate of drug-likeness (QED) is 0.856. The molecule has 22 heavy (non-hydrogen) atoms. The minimum absolute atomic E-state index is 0.0430. The van der Waals surface area contributed by atoms with E-state index in [4.69, 9.17) is 18.9 Å². The van der Waals surface area contributed by atoms with Crippen molar-refractivity contribution < 1.29 is 23.7 Å². The molecule has 0 amide bonds. The van der Waals surface area contributed by atoms with E-state index in [0.717, 1.165) is 24.0 Å². The van der Waals surface area contributed by atoms with E-state index in [1.807, 2.05) is 12.1 Å². The zero-order valence-electron chi connectivity index (χ0n) is 13.1. The molecule has 2 aliphatic rings. The number of carbonyl (C=O) groups excluding carboxylic acids is 1. The minimum atomic E-state index is -0.0430. The van der Waals surface area contributed by atoms with Gasteiger partial charge in [0.15, 0.2) is 11.5 Å². The van der Waals surface area contributed by atoms with E-state index in [2.05, 4.69) is 0 Å². The second kappa shape index (κ2) is 5.91. The predicted octanol–water partition coefficient (Wildman–Crippen LogP) is 2.83. The van der Waals surface area contributed by atoms with Crippen LogP contribution in [0, 0.1) is 0 Å². The number of carbonyl (C=O) groups is 1. The number of ether oxygens (including phenoxy) is 4. The van der Waals surface area contributed by atoms with Crippen LogP contribution in [0.2, 0.25) is 0 Å². The van der Waals surface area contributed by atoms with Crippen molar-refractivity contribution in [2.75, 3.05) is 27.9 Å². The molecule has 5 nitrogen and oxygen atoms in total. The maximum Gasteiger partial charge on any atom is 0.198 e. The first kappa shape index (κ1) is 14.8. The minimum Gasteiger partial charge on any atom is -0.496 e. The third-order valence-corrected chi connectivity index (χ3v) is 4.29. The fraction of sp³-hybridized carbons (Fsp3) is 0.471. The molecule has 1 atom stereocenters. The maximum atomic E-state index is 12.2. The van der Waals surface area contributed by atoms with Crippen LogP contribution in [0.5, 0.6) is 17.2 Å². The summed E-state index contributed by atoms with van der Waals surface area (Å²) < 4.78 is 21.9. The fourth-order valence-corrected chi connectivity index (χ4v) is 3.29. The van der Waals surface area contributed by atoms with Crippen molar-refractivity contribution in [2.24, 2.45) is 0 Å². The van der Waals surface area contributed by atoms with Gasteiger partial charge in [-0.2, -0.15) is 0 Å². The Balaban J connectivity index is 2.11. The summed E-state index contributed by atoms with van der Waals surface area (Å²) >= 11 is 0. The normalized spacial score (nSPS) is 20.5. The molecule has 0 spiro atoms. The van der Waals surface area contributed by atoms with E-state index in [1.54, 1.807) is 21.3 Å². The Kier molecular flexibility index (Phi) is 3.96. The number of Topliss-reactive ketones (excluding diaryl/α,β-unsaturated/α-hetero) is 1. The van der Waals surface area contributed by atoms with Crippen molar-refractivity contribution in [2.45, 2.75) is 25.2 Å². The number of hydrogen-bond acceptors (Lipinski definition) is 5. The summed E-state index contributed by atoms with van der Waals surface area (Å²) in [5.41, 5.74) is 1.97. The summed E-state index contributed by atoms with van der Waals surface area (Å²) in [5.74, 6) is 2.59. The van der Waals surface area contributed by atoms with Crippen molar-refractivity contribution in [1.82, 2.24) is 0 Å². The zero-order chi connectivity index (χ0) is 15.7. The highest BCUT2D eigenvalue weighted by atomic mass is 16.5. The summed E-state index contributed by atoms with van der Waals surface area (Å²) in [4.78, 5) is 12.2. The van der Waals surface area contributed by atoms with Gasteiger partial charge in [0, 0.05) is 30.0 Å². The van der Waals surface area contributed by atoms with Gasteiger partial charge in [-0.25, -0.2) is 0 Å². The molecule has 0 saturated carbocycles. The van der Waals surface area contributed by atoms with Crippen molar-refractivity contribution in [3.8, 4) is 17.2 Å². The highest BCUT2D eigenvalue weighted by molar-refractivity contribution is 5.98. The molecule has 1 aliphatic heterocycles. The van der Waals surface area contributed by atoms with Crippen LogP contribution in [0.3, 0.4) is 0 Å². The van der Waals surface area contributed by atoms with E-state index in [1.165, 1.54) is 0 Å². The van der Waals surface area contributed by atoms with Crippen LogP contribution in [-0.2, 0) is 9.53 Å². The lowest BCUT2D eigenvalue weighted by atomic mass is 9.88. The molecule has 1 unspecified atom stereocenters. The largest absolute Gasteiger partial charge is 0.496 e. The smallest absolute Gasteiger partial charge is 0.198 e. The molecule has 0 radical (unpaired) electrons. The highest BCUT2D eigenvalue weighted by Gasteiger charge is 2.39. The van der Waals surface area contributed by atoms with E-state index in [0.29, 0.717) is 36.0 Å². The lowest BCUT2D eigenvalue weighted by molar-refractivity contribution is -0.118. The molecule has 1 aromatic rings. The molecule has 0 aromatic heterocycles. The molecule has 1 aromatic carbocycles. The van der Waals surface area contributed by atoms with Gasteiger partial charge in [-0.3, -0.25) is 4.79 Å². The van der Waals surface area contributed by atoms with Crippen molar-refractivity contribution in [3.63, 3.8) is 0 Å². The Labute approximate surface area is 129 Å². The first-order valence-corrected chi connectivity index (χ1v) is 7.38. The number of ketones is 1. The summed E-state index contributed by atoms with van der Waals surface area (Å²) in [7, 11) is 4.82. The van der Waals surface area contributed by atoms with E-state index in [9.17, 15) is 4.79 Å². The number of methoxy groups -OCH3 is 3. The van der Waals surface area contributed by atoms with Gasteiger partial charge in [-0.05, 0) is 18.4 Å². The fourth-order valence-electron chi connectivity index (χ4n) is 3.29. The number of benzene rings is 1. The van der Waals surface area contributed by atoms with E-state index < -0.39 is 0 Å². The maximum absolute atomic E-state index is 12.2. The van der Waals surface area contributed by atoms with Crippen LogP contribution in [0.15, 0.2) is 23.5 Å². The highest BCUT2D eigenvalue weighted by Crippen LogP contribution is 2.49. The third-order valence-electron chi connectivity index (χ3n) is 4.29. The van der Waals surface area contributed by atoms with Gasteiger partial charge in [0.25, 0.3) is 0 Å². The van der Waals surface area contributed by atoms with Crippen molar-refractivity contribution in [1.29, 1.82) is 0 Å². The van der Waals surface area contributed by atoms with Gasteiger partial charge in [0.2, 0.25) is 0 Å². The Morgan fingerprint density at radius 3 is 2.36 bits per heavy atom. The van der Waals surface area contributed by atoms with E-state index in [-0.39, 0.29) is 11.7 Å². The van der Waals surface area contributed by atoms with Crippen molar-refractivity contribution >= 4 is 5.78 Å². The zero-order valence-corrected chi connectivity index (χ0v) is 13.1.